The van der Waals surface area contributed by atoms with Gasteiger partial charge in [0.1, 0.15) is 17.7 Å². The number of nitrogens with one attached hydrogen (secondary N) is 1. The van der Waals surface area contributed by atoms with Gasteiger partial charge in [0, 0.05) is 18.5 Å². The Labute approximate surface area is 125 Å². The summed E-state index contributed by atoms with van der Waals surface area (Å²) in [7, 11) is 0. The molecule has 0 fully saturated rings. The number of benzene rings is 1. The Morgan fingerprint density at radius 1 is 1.45 bits per heavy atom. The second kappa shape index (κ2) is 9.55. The molecule has 20 heavy (non-hydrogen) atoms. The zero-order valence-electron chi connectivity index (χ0n) is 11.8. The zero-order chi connectivity index (χ0) is 14.3. The van der Waals surface area contributed by atoms with Gasteiger partial charge < -0.3 is 15.8 Å². The number of rotatable bonds is 7. The van der Waals surface area contributed by atoms with Gasteiger partial charge in [0.15, 0.2) is 0 Å². The molecular weight excluding hydrogens is 283 g/mol. The molecule has 0 aromatic heterocycles. The predicted octanol–water partition coefficient (Wildman–Crippen LogP) is 2.26. The van der Waals surface area contributed by atoms with Gasteiger partial charge in [-0.15, -0.1) is 12.4 Å². The van der Waals surface area contributed by atoms with Gasteiger partial charge in [-0.05, 0) is 32.4 Å². The van der Waals surface area contributed by atoms with Crippen LogP contribution in [0.5, 0.6) is 5.75 Å². The second-order valence-electron chi connectivity index (χ2n) is 4.71. The predicted molar refractivity (Wildman–Crippen MR) is 79.6 cm³/mol. The van der Waals surface area contributed by atoms with Crippen molar-refractivity contribution in [2.24, 2.45) is 5.73 Å². The summed E-state index contributed by atoms with van der Waals surface area (Å²) in [4.78, 5) is 11.5. The van der Waals surface area contributed by atoms with E-state index < -0.39 is 0 Å². The van der Waals surface area contributed by atoms with Crippen LogP contribution in [-0.4, -0.2) is 24.6 Å². The lowest BCUT2D eigenvalue weighted by molar-refractivity contribution is -0.121. The summed E-state index contributed by atoms with van der Waals surface area (Å²) in [6, 6.07) is 5.95. The maximum absolute atomic E-state index is 12.9. The molecule has 114 valence electrons. The van der Waals surface area contributed by atoms with Crippen molar-refractivity contribution in [3.05, 3.63) is 30.1 Å². The van der Waals surface area contributed by atoms with Crippen molar-refractivity contribution in [1.29, 1.82) is 0 Å². The molecule has 1 aromatic carbocycles. The number of hydrogen-bond acceptors (Lipinski definition) is 3. The van der Waals surface area contributed by atoms with Crippen LogP contribution in [0, 0.1) is 5.82 Å². The third-order valence-corrected chi connectivity index (χ3v) is 2.55. The molecule has 0 aliphatic rings. The maximum atomic E-state index is 12.9. The Hall–Kier alpha value is -1.33. The van der Waals surface area contributed by atoms with Crippen LogP contribution >= 0.6 is 12.4 Å². The van der Waals surface area contributed by atoms with E-state index in [0.717, 1.165) is 0 Å². The second-order valence-corrected chi connectivity index (χ2v) is 4.71. The molecule has 0 saturated carbocycles. The van der Waals surface area contributed by atoms with E-state index in [1.54, 1.807) is 12.1 Å². The summed E-state index contributed by atoms with van der Waals surface area (Å²) in [5.74, 6) is 0.0648. The number of hydrogen-bond donors (Lipinski definition) is 2. The highest BCUT2D eigenvalue weighted by atomic mass is 35.5. The van der Waals surface area contributed by atoms with Crippen molar-refractivity contribution < 1.29 is 13.9 Å². The van der Waals surface area contributed by atoms with E-state index in [9.17, 15) is 9.18 Å². The summed E-state index contributed by atoms with van der Waals surface area (Å²) in [5.41, 5.74) is 5.57. The molecular formula is C14H22ClFN2O2. The smallest absolute Gasteiger partial charge is 0.220 e. The Bertz CT molecular complexity index is 416. The molecule has 0 heterocycles. The van der Waals surface area contributed by atoms with Gasteiger partial charge in [0.25, 0.3) is 0 Å². The summed E-state index contributed by atoms with van der Waals surface area (Å²) in [5, 5.41) is 2.76. The fourth-order valence-corrected chi connectivity index (χ4v) is 1.52. The molecule has 0 bridgehead atoms. The molecule has 1 amide bonds. The van der Waals surface area contributed by atoms with Crippen LogP contribution in [-0.2, 0) is 4.79 Å². The van der Waals surface area contributed by atoms with Gasteiger partial charge in [-0.3, -0.25) is 4.79 Å². The van der Waals surface area contributed by atoms with Crippen LogP contribution < -0.4 is 15.8 Å². The van der Waals surface area contributed by atoms with Crippen molar-refractivity contribution in [2.45, 2.75) is 38.8 Å². The number of ether oxygens (including phenoxy) is 1. The highest BCUT2D eigenvalue weighted by Crippen LogP contribution is 2.13. The van der Waals surface area contributed by atoms with Crippen molar-refractivity contribution in [1.82, 2.24) is 5.32 Å². The monoisotopic (exact) mass is 304 g/mol. The molecule has 3 N–H and O–H groups in total. The van der Waals surface area contributed by atoms with Gasteiger partial charge in [0.2, 0.25) is 5.91 Å². The van der Waals surface area contributed by atoms with Crippen LogP contribution in [0.15, 0.2) is 24.3 Å². The molecule has 2 atom stereocenters. The van der Waals surface area contributed by atoms with E-state index in [0.29, 0.717) is 25.1 Å². The number of carbonyl (C=O) groups is 1. The first kappa shape index (κ1) is 18.7. The van der Waals surface area contributed by atoms with Crippen molar-refractivity contribution in [2.75, 3.05) is 6.54 Å². The first-order valence-corrected chi connectivity index (χ1v) is 6.42. The normalized spacial score (nSPS) is 13.0. The molecule has 6 heteroatoms. The molecule has 0 spiro atoms. The van der Waals surface area contributed by atoms with Crippen LogP contribution in [0.4, 0.5) is 4.39 Å². The standard InChI is InChI=1S/C14H21FN2O2.ClH/c1-10(16)6-7-14(18)17-9-11(2)19-13-5-3-4-12(15)8-13;/h3-5,8,10-11H,6-7,9,16H2,1-2H3,(H,17,18);1H. The average molecular weight is 305 g/mol. The largest absolute Gasteiger partial charge is 0.489 e. The fourth-order valence-electron chi connectivity index (χ4n) is 1.52. The summed E-state index contributed by atoms with van der Waals surface area (Å²) < 4.78 is 18.4. The molecule has 0 aliphatic heterocycles. The van der Waals surface area contributed by atoms with Crippen LogP contribution in [0.2, 0.25) is 0 Å². The van der Waals surface area contributed by atoms with E-state index in [2.05, 4.69) is 5.32 Å². The maximum Gasteiger partial charge on any atom is 0.220 e. The molecule has 0 saturated heterocycles. The third-order valence-electron chi connectivity index (χ3n) is 2.55. The lowest BCUT2D eigenvalue weighted by Crippen LogP contribution is -2.34. The Morgan fingerprint density at radius 2 is 2.15 bits per heavy atom. The first-order chi connectivity index (χ1) is 8.97. The van der Waals surface area contributed by atoms with E-state index in [1.165, 1.54) is 12.1 Å². The quantitative estimate of drug-likeness (QED) is 0.812. The minimum absolute atomic E-state index is 0. The van der Waals surface area contributed by atoms with E-state index in [-0.39, 0.29) is 36.3 Å². The lowest BCUT2D eigenvalue weighted by Gasteiger charge is -2.15. The summed E-state index contributed by atoms with van der Waals surface area (Å²) in [6.45, 7) is 4.06. The Kier molecular flexibility index (Phi) is 8.92. The van der Waals surface area contributed by atoms with E-state index in [1.807, 2.05) is 13.8 Å². The van der Waals surface area contributed by atoms with Gasteiger partial charge in [-0.2, -0.15) is 0 Å². The highest BCUT2D eigenvalue weighted by molar-refractivity contribution is 5.85. The van der Waals surface area contributed by atoms with E-state index >= 15 is 0 Å². The number of nitrogens with two attached hydrogens (primary N) is 1. The van der Waals surface area contributed by atoms with Gasteiger partial charge in [0.05, 0.1) is 6.54 Å². The molecule has 0 radical (unpaired) electrons. The average Bonchev–Trinajstić information content (AvgIpc) is 2.34. The van der Waals surface area contributed by atoms with E-state index in [4.69, 9.17) is 10.5 Å². The molecule has 1 rings (SSSR count). The zero-order valence-corrected chi connectivity index (χ0v) is 12.6. The van der Waals surface area contributed by atoms with Gasteiger partial charge in [-0.1, -0.05) is 6.07 Å². The molecule has 4 nitrogen and oxygen atoms in total. The summed E-state index contributed by atoms with van der Waals surface area (Å²) >= 11 is 0. The lowest BCUT2D eigenvalue weighted by atomic mass is 10.2. The van der Waals surface area contributed by atoms with Crippen LogP contribution in [0.3, 0.4) is 0 Å². The van der Waals surface area contributed by atoms with Crippen LogP contribution in [0.25, 0.3) is 0 Å². The van der Waals surface area contributed by atoms with Crippen molar-refractivity contribution >= 4 is 18.3 Å². The third kappa shape index (κ3) is 7.96. The number of amides is 1. The minimum Gasteiger partial charge on any atom is -0.489 e. The number of halogens is 2. The summed E-state index contributed by atoms with van der Waals surface area (Å²) in [6.07, 6.45) is 0.844. The van der Waals surface area contributed by atoms with Gasteiger partial charge >= 0.3 is 0 Å². The number of carbonyl (C=O) groups excluding carboxylic acids is 1. The molecule has 1 aromatic rings. The van der Waals surface area contributed by atoms with Gasteiger partial charge in [-0.25, -0.2) is 4.39 Å². The SMILES string of the molecule is CC(N)CCC(=O)NCC(C)Oc1cccc(F)c1.Cl. The topological polar surface area (TPSA) is 64.4 Å². The first-order valence-electron chi connectivity index (χ1n) is 6.42. The highest BCUT2D eigenvalue weighted by Gasteiger charge is 2.08. The van der Waals surface area contributed by atoms with Crippen molar-refractivity contribution in [3.8, 4) is 5.75 Å². The van der Waals surface area contributed by atoms with Crippen molar-refractivity contribution in [3.63, 3.8) is 0 Å². The minimum atomic E-state index is -0.342. The Balaban J connectivity index is 0.00000361. The molecule has 0 aliphatic carbocycles. The molecule has 2 unspecified atom stereocenters. The Morgan fingerprint density at radius 3 is 2.75 bits per heavy atom. The fraction of sp³-hybridized carbons (Fsp3) is 0.500. The van der Waals surface area contributed by atoms with Crippen LogP contribution in [0.1, 0.15) is 26.7 Å².